The van der Waals surface area contributed by atoms with Crippen molar-refractivity contribution in [2.45, 2.75) is 18.8 Å². The Morgan fingerprint density at radius 3 is 3.12 bits per heavy atom. The maximum absolute atomic E-state index is 5.85. The normalized spacial score (nSPS) is 21.4. The van der Waals surface area contributed by atoms with Crippen molar-refractivity contribution in [2.75, 3.05) is 18.8 Å². The number of fused-ring (bicyclic) bond motifs is 1. The van der Waals surface area contributed by atoms with E-state index in [0.29, 0.717) is 11.6 Å². The number of hydrogen-bond donors (Lipinski definition) is 2. The monoisotopic (exact) mass is 217 g/mol. The number of oxazole rings is 1. The summed E-state index contributed by atoms with van der Waals surface area (Å²) in [5, 5.41) is 3.36. The van der Waals surface area contributed by atoms with Crippen LogP contribution in [0.4, 0.5) is 5.69 Å². The summed E-state index contributed by atoms with van der Waals surface area (Å²) in [6, 6.07) is 5.69. The van der Waals surface area contributed by atoms with Crippen LogP contribution in [-0.2, 0) is 0 Å². The first-order valence-corrected chi connectivity index (χ1v) is 5.70. The highest BCUT2D eigenvalue weighted by molar-refractivity contribution is 5.84. The van der Waals surface area contributed by atoms with Crippen LogP contribution in [0, 0.1) is 0 Å². The molecule has 0 saturated carbocycles. The van der Waals surface area contributed by atoms with Crippen LogP contribution in [0.1, 0.15) is 24.7 Å². The van der Waals surface area contributed by atoms with E-state index in [-0.39, 0.29) is 0 Å². The Morgan fingerprint density at radius 1 is 1.44 bits per heavy atom. The third-order valence-corrected chi connectivity index (χ3v) is 3.11. The first-order valence-electron chi connectivity index (χ1n) is 5.70. The number of anilines is 1. The molecule has 1 aliphatic rings. The summed E-state index contributed by atoms with van der Waals surface area (Å²) in [7, 11) is 0. The minimum atomic E-state index is 0.389. The summed E-state index contributed by atoms with van der Waals surface area (Å²) in [6.45, 7) is 2.05. The average molecular weight is 217 g/mol. The van der Waals surface area contributed by atoms with E-state index in [9.17, 15) is 0 Å². The van der Waals surface area contributed by atoms with E-state index < -0.39 is 0 Å². The first-order chi connectivity index (χ1) is 7.84. The van der Waals surface area contributed by atoms with Crippen molar-refractivity contribution in [3.8, 4) is 0 Å². The molecule has 1 atom stereocenters. The van der Waals surface area contributed by atoms with E-state index in [0.717, 1.165) is 36.5 Å². The van der Waals surface area contributed by atoms with Gasteiger partial charge in [-0.05, 0) is 31.5 Å². The number of rotatable bonds is 1. The average Bonchev–Trinajstić information content (AvgIpc) is 2.76. The van der Waals surface area contributed by atoms with Gasteiger partial charge in [0, 0.05) is 12.5 Å². The summed E-state index contributed by atoms with van der Waals surface area (Å²) in [4.78, 5) is 4.51. The third-order valence-electron chi connectivity index (χ3n) is 3.11. The van der Waals surface area contributed by atoms with Crippen LogP contribution in [0.5, 0.6) is 0 Å². The molecule has 84 valence electrons. The summed E-state index contributed by atoms with van der Waals surface area (Å²) < 4.78 is 5.76. The molecule has 1 aromatic carbocycles. The first kappa shape index (κ1) is 9.66. The Labute approximate surface area is 93.8 Å². The topological polar surface area (TPSA) is 64.1 Å². The second kappa shape index (κ2) is 3.79. The molecule has 0 aliphatic carbocycles. The molecule has 1 fully saturated rings. The van der Waals surface area contributed by atoms with Gasteiger partial charge in [-0.2, -0.15) is 0 Å². The Bertz CT molecular complexity index is 500. The van der Waals surface area contributed by atoms with Gasteiger partial charge in [-0.25, -0.2) is 4.98 Å². The van der Waals surface area contributed by atoms with Gasteiger partial charge in [0.1, 0.15) is 5.52 Å². The number of nitrogens with one attached hydrogen (secondary N) is 1. The molecule has 4 nitrogen and oxygen atoms in total. The maximum Gasteiger partial charge on any atom is 0.199 e. The van der Waals surface area contributed by atoms with Crippen LogP contribution in [-0.4, -0.2) is 18.1 Å². The fourth-order valence-electron chi connectivity index (χ4n) is 2.22. The largest absolute Gasteiger partial charge is 0.438 e. The minimum Gasteiger partial charge on any atom is -0.438 e. The molecule has 1 aromatic heterocycles. The third kappa shape index (κ3) is 1.55. The maximum atomic E-state index is 5.85. The highest BCUT2D eigenvalue weighted by Gasteiger charge is 2.20. The molecule has 3 N–H and O–H groups in total. The van der Waals surface area contributed by atoms with Crippen LogP contribution < -0.4 is 11.1 Å². The zero-order valence-electron chi connectivity index (χ0n) is 9.07. The molecule has 0 amide bonds. The quantitative estimate of drug-likeness (QED) is 0.716. The Hall–Kier alpha value is -1.55. The molecule has 16 heavy (non-hydrogen) atoms. The SMILES string of the molecule is Nc1cccc2nc(C3CCCNC3)oc12. The fraction of sp³-hybridized carbons (Fsp3) is 0.417. The summed E-state index contributed by atoms with van der Waals surface area (Å²) in [6.07, 6.45) is 2.32. The number of nitrogens with zero attached hydrogens (tertiary/aromatic N) is 1. The number of nitrogens with two attached hydrogens (primary N) is 1. The summed E-state index contributed by atoms with van der Waals surface area (Å²) in [5.74, 6) is 1.21. The molecular formula is C12H15N3O. The molecule has 1 unspecified atom stereocenters. The summed E-state index contributed by atoms with van der Waals surface area (Å²) in [5.41, 5.74) is 8.10. The van der Waals surface area contributed by atoms with Crippen LogP contribution in [0.3, 0.4) is 0 Å². The zero-order chi connectivity index (χ0) is 11.0. The lowest BCUT2D eigenvalue weighted by molar-refractivity contribution is 0.388. The lowest BCUT2D eigenvalue weighted by Crippen LogP contribution is -2.28. The van der Waals surface area contributed by atoms with Crippen molar-refractivity contribution in [3.63, 3.8) is 0 Å². The smallest absolute Gasteiger partial charge is 0.199 e. The number of piperidine rings is 1. The van der Waals surface area contributed by atoms with Crippen LogP contribution in [0.2, 0.25) is 0 Å². The van der Waals surface area contributed by atoms with Gasteiger partial charge in [-0.3, -0.25) is 0 Å². The minimum absolute atomic E-state index is 0.389. The standard InChI is InChI=1S/C12H15N3O/c13-9-4-1-5-10-11(9)16-12(15-10)8-3-2-6-14-7-8/h1,4-5,8,14H,2-3,6-7,13H2. The lowest BCUT2D eigenvalue weighted by Gasteiger charge is -2.19. The van der Waals surface area contributed by atoms with Gasteiger partial charge in [-0.15, -0.1) is 0 Å². The lowest BCUT2D eigenvalue weighted by atomic mass is 10.00. The highest BCUT2D eigenvalue weighted by Crippen LogP contribution is 2.28. The van der Waals surface area contributed by atoms with E-state index in [2.05, 4.69) is 10.3 Å². The number of benzene rings is 1. The Morgan fingerprint density at radius 2 is 2.38 bits per heavy atom. The van der Waals surface area contributed by atoms with Crippen molar-refractivity contribution in [2.24, 2.45) is 0 Å². The molecular weight excluding hydrogens is 202 g/mol. The van der Waals surface area contributed by atoms with Crippen LogP contribution in [0.15, 0.2) is 22.6 Å². The molecule has 1 saturated heterocycles. The van der Waals surface area contributed by atoms with Crippen LogP contribution in [0.25, 0.3) is 11.1 Å². The highest BCUT2D eigenvalue weighted by atomic mass is 16.3. The molecule has 3 rings (SSSR count). The zero-order valence-corrected chi connectivity index (χ0v) is 9.07. The van der Waals surface area contributed by atoms with E-state index in [1.807, 2.05) is 18.2 Å². The summed E-state index contributed by atoms with van der Waals surface area (Å²) >= 11 is 0. The molecule has 0 bridgehead atoms. The van der Waals surface area contributed by atoms with E-state index in [4.69, 9.17) is 10.2 Å². The molecule has 2 aromatic rings. The van der Waals surface area contributed by atoms with E-state index >= 15 is 0 Å². The van der Waals surface area contributed by atoms with Gasteiger partial charge < -0.3 is 15.5 Å². The number of nitrogen functional groups attached to an aromatic ring is 1. The van der Waals surface area contributed by atoms with E-state index in [1.54, 1.807) is 0 Å². The molecule has 2 heterocycles. The fourth-order valence-corrected chi connectivity index (χ4v) is 2.22. The molecule has 1 aliphatic heterocycles. The van der Waals surface area contributed by atoms with E-state index in [1.165, 1.54) is 6.42 Å². The predicted molar refractivity (Wildman–Crippen MR) is 63.3 cm³/mol. The Kier molecular flexibility index (Phi) is 2.29. The number of aromatic nitrogens is 1. The second-order valence-electron chi connectivity index (χ2n) is 4.29. The molecule has 4 heteroatoms. The Balaban J connectivity index is 2.01. The van der Waals surface area contributed by atoms with Crippen molar-refractivity contribution in [1.29, 1.82) is 0 Å². The number of hydrogen-bond acceptors (Lipinski definition) is 4. The van der Waals surface area contributed by atoms with Gasteiger partial charge in [-0.1, -0.05) is 6.07 Å². The van der Waals surface area contributed by atoms with Crippen molar-refractivity contribution < 1.29 is 4.42 Å². The van der Waals surface area contributed by atoms with Crippen molar-refractivity contribution >= 4 is 16.8 Å². The second-order valence-corrected chi connectivity index (χ2v) is 4.29. The van der Waals surface area contributed by atoms with Gasteiger partial charge >= 0.3 is 0 Å². The molecule has 0 spiro atoms. The van der Waals surface area contributed by atoms with Gasteiger partial charge in [0.25, 0.3) is 0 Å². The van der Waals surface area contributed by atoms with Gasteiger partial charge in [0.05, 0.1) is 5.69 Å². The molecule has 0 radical (unpaired) electrons. The number of para-hydroxylation sites is 1. The van der Waals surface area contributed by atoms with Crippen molar-refractivity contribution in [1.82, 2.24) is 10.3 Å². The van der Waals surface area contributed by atoms with Gasteiger partial charge in [0.2, 0.25) is 0 Å². The predicted octanol–water partition coefficient (Wildman–Crippen LogP) is 1.88. The van der Waals surface area contributed by atoms with Crippen LogP contribution >= 0.6 is 0 Å². The van der Waals surface area contributed by atoms with Gasteiger partial charge in [0.15, 0.2) is 11.5 Å². The van der Waals surface area contributed by atoms with Crippen molar-refractivity contribution in [3.05, 3.63) is 24.1 Å².